The van der Waals surface area contributed by atoms with Crippen molar-refractivity contribution >= 4 is 23.6 Å². The first kappa shape index (κ1) is 18.6. The van der Waals surface area contributed by atoms with Crippen molar-refractivity contribution in [1.29, 1.82) is 0 Å². The Labute approximate surface area is 142 Å². The third-order valence-electron chi connectivity index (χ3n) is 3.11. The number of hydrogen-bond donors (Lipinski definition) is 1. The topological polar surface area (TPSA) is 84.9 Å². The van der Waals surface area contributed by atoms with Gasteiger partial charge < -0.3 is 14.8 Å². The Morgan fingerprint density at radius 2 is 1.80 bits per heavy atom. The van der Waals surface area contributed by atoms with E-state index in [9.17, 15) is 23.2 Å². The molecule has 0 bridgehead atoms. The van der Waals surface area contributed by atoms with Crippen molar-refractivity contribution in [2.24, 2.45) is 0 Å². The van der Waals surface area contributed by atoms with Crippen molar-refractivity contribution in [3.8, 4) is 5.75 Å². The fraction of sp³-hybridized carbons (Fsp3) is 0.438. The molecule has 1 aromatic rings. The Bertz CT molecular complexity index is 707. The second-order valence-electron chi connectivity index (χ2n) is 6.26. The van der Waals surface area contributed by atoms with E-state index in [2.05, 4.69) is 10.1 Å². The van der Waals surface area contributed by atoms with Crippen LogP contribution in [0.2, 0.25) is 0 Å². The molecule has 1 heterocycles. The highest BCUT2D eigenvalue weighted by molar-refractivity contribution is 6.27. The van der Waals surface area contributed by atoms with Crippen LogP contribution >= 0.6 is 0 Å². The minimum Gasteiger partial charge on any atom is -0.482 e. The van der Waals surface area contributed by atoms with Crippen molar-refractivity contribution in [2.75, 3.05) is 11.5 Å². The summed E-state index contributed by atoms with van der Waals surface area (Å²) >= 11 is 0. The van der Waals surface area contributed by atoms with Crippen molar-refractivity contribution in [2.45, 2.75) is 39.3 Å². The van der Waals surface area contributed by atoms with Crippen LogP contribution in [0.5, 0.6) is 5.75 Å². The van der Waals surface area contributed by atoms with Crippen LogP contribution in [-0.2, 0) is 14.3 Å². The van der Waals surface area contributed by atoms with E-state index in [1.54, 1.807) is 20.8 Å². The second kappa shape index (κ2) is 6.66. The third kappa shape index (κ3) is 3.86. The first-order valence-corrected chi connectivity index (χ1v) is 7.54. The molecule has 1 saturated heterocycles. The van der Waals surface area contributed by atoms with E-state index in [0.29, 0.717) is 4.90 Å². The van der Waals surface area contributed by atoms with Gasteiger partial charge in [-0.3, -0.25) is 4.79 Å². The number of halogens is 2. The highest BCUT2D eigenvalue weighted by Crippen LogP contribution is 2.31. The fourth-order valence-electron chi connectivity index (χ4n) is 2.19. The molecule has 1 fully saturated rings. The summed E-state index contributed by atoms with van der Waals surface area (Å²) in [6.07, 6.45) is 0. The average Bonchev–Trinajstić information content (AvgIpc) is 2.77. The van der Waals surface area contributed by atoms with E-state index < -0.39 is 46.9 Å². The van der Waals surface area contributed by atoms with Gasteiger partial charge in [0.1, 0.15) is 5.60 Å². The molecular formula is C16H18F2N2O5. The molecule has 1 atom stereocenters. The number of imide groups is 1. The van der Waals surface area contributed by atoms with E-state index in [0.717, 1.165) is 12.1 Å². The Morgan fingerprint density at radius 3 is 2.28 bits per heavy atom. The summed E-state index contributed by atoms with van der Waals surface area (Å²) in [5.41, 5.74) is -1.20. The highest BCUT2D eigenvalue weighted by Gasteiger charge is 2.44. The summed E-state index contributed by atoms with van der Waals surface area (Å²) < 4.78 is 38.3. The smallest absolute Gasteiger partial charge is 0.338 e. The first-order chi connectivity index (χ1) is 11.5. The molecule has 1 aromatic carbocycles. The van der Waals surface area contributed by atoms with Gasteiger partial charge in [0.15, 0.2) is 17.4 Å². The lowest BCUT2D eigenvalue weighted by atomic mass is 10.2. The quantitative estimate of drug-likeness (QED) is 0.507. The predicted molar refractivity (Wildman–Crippen MR) is 83.2 cm³/mol. The van der Waals surface area contributed by atoms with E-state index in [-0.39, 0.29) is 12.3 Å². The maximum atomic E-state index is 14.2. The summed E-state index contributed by atoms with van der Waals surface area (Å²) in [6, 6.07) is -0.958. The van der Waals surface area contributed by atoms with Gasteiger partial charge in [0.05, 0.1) is 12.3 Å². The molecule has 9 heteroatoms. The van der Waals surface area contributed by atoms with E-state index >= 15 is 0 Å². The standard InChI is InChI=1S/C16H18F2N2O5/c1-5-24-14(22)11-13(21)20(15(23)19-11)8-6-9(17)12(10(18)7-8)25-16(2,3)4/h6-7,11H,5H2,1-4H3,(H,19,23). The average molecular weight is 356 g/mol. The van der Waals surface area contributed by atoms with Crippen molar-refractivity contribution in [3.63, 3.8) is 0 Å². The lowest BCUT2D eigenvalue weighted by Crippen LogP contribution is -2.39. The number of nitrogens with one attached hydrogen (secondary N) is 1. The van der Waals surface area contributed by atoms with Gasteiger partial charge in [-0.25, -0.2) is 23.3 Å². The van der Waals surface area contributed by atoms with Gasteiger partial charge in [0.2, 0.25) is 6.04 Å². The number of amides is 3. The van der Waals surface area contributed by atoms with Gasteiger partial charge in [-0.15, -0.1) is 0 Å². The summed E-state index contributed by atoms with van der Waals surface area (Å²) in [5.74, 6) is -4.70. The number of carbonyl (C=O) groups is 3. The number of ether oxygens (including phenoxy) is 2. The van der Waals surface area contributed by atoms with Gasteiger partial charge >= 0.3 is 12.0 Å². The molecule has 0 aliphatic carbocycles. The number of rotatable bonds is 4. The molecule has 7 nitrogen and oxygen atoms in total. The Kier molecular flexibility index (Phi) is 4.96. The van der Waals surface area contributed by atoms with Crippen LogP contribution in [0.15, 0.2) is 12.1 Å². The van der Waals surface area contributed by atoms with Crippen LogP contribution in [-0.4, -0.2) is 36.2 Å². The molecule has 0 radical (unpaired) electrons. The summed E-state index contributed by atoms with van der Waals surface area (Å²) in [6.45, 7) is 6.39. The zero-order valence-electron chi connectivity index (χ0n) is 14.2. The minimum atomic E-state index is -1.55. The number of nitrogens with zero attached hydrogens (tertiary/aromatic N) is 1. The van der Waals surface area contributed by atoms with E-state index in [4.69, 9.17) is 4.74 Å². The van der Waals surface area contributed by atoms with Crippen molar-refractivity contribution in [3.05, 3.63) is 23.8 Å². The molecule has 1 N–H and O–H groups in total. The molecule has 0 saturated carbocycles. The number of esters is 1. The fourth-order valence-corrected chi connectivity index (χ4v) is 2.19. The number of carbonyl (C=O) groups excluding carboxylic acids is 3. The SMILES string of the molecule is CCOC(=O)C1NC(=O)N(c2cc(F)c(OC(C)(C)C)c(F)c2)C1=O. The maximum absolute atomic E-state index is 14.2. The molecule has 1 aliphatic rings. The highest BCUT2D eigenvalue weighted by atomic mass is 19.1. The normalized spacial score (nSPS) is 17.5. The van der Waals surface area contributed by atoms with Crippen LogP contribution in [0, 0.1) is 11.6 Å². The summed E-state index contributed by atoms with van der Waals surface area (Å²) in [4.78, 5) is 36.3. The summed E-state index contributed by atoms with van der Waals surface area (Å²) in [5, 5.41) is 2.12. The van der Waals surface area contributed by atoms with Crippen LogP contribution in [0.25, 0.3) is 0 Å². The van der Waals surface area contributed by atoms with Crippen LogP contribution in [0.1, 0.15) is 27.7 Å². The maximum Gasteiger partial charge on any atom is 0.338 e. The minimum absolute atomic E-state index is 0.0145. The molecule has 0 aromatic heterocycles. The Morgan fingerprint density at radius 1 is 1.24 bits per heavy atom. The molecule has 3 amide bonds. The molecule has 25 heavy (non-hydrogen) atoms. The summed E-state index contributed by atoms with van der Waals surface area (Å²) in [7, 11) is 0. The van der Waals surface area contributed by atoms with Crippen LogP contribution in [0.4, 0.5) is 19.3 Å². The van der Waals surface area contributed by atoms with Gasteiger partial charge in [-0.05, 0) is 27.7 Å². The molecule has 136 valence electrons. The van der Waals surface area contributed by atoms with Crippen molar-refractivity contribution in [1.82, 2.24) is 5.32 Å². The number of benzene rings is 1. The monoisotopic (exact) mass is 356 g/mol. The molecule has 0 spiro atoms. The predicted octanol–water partition coefficient (Wildman–Crippen LogP) is 2.13. The van der Waals surface area contributed by atoms with Gasteiger partial charge in [-0.1, -0.05) is 0 Å². The van der Waals surface area contributed by atoms with E-state index in [1.165, 1.54) is 6.92 Å². The Hall–Kier alpha value is -2.71. The lowest BCUT2D eigenvalue weighted by Gasteiger charge is -2.23. The van der Waals surface area contributed by atoms with Crippen molar-refractivity contribution < 1.29 is 32.6 Å². The van der Waals surface area contributed by atoms with Crippen LogP contribution < -0.4 is 15.0 Å². The molecular weight excluding hydrogens is 338 g/mol. The zero-order valence-corrected chi connectivity index (χ0v) is 14.2. The number of hydrogen-bond acceptors (Lipinski definition) is 5. The first-order valence-electron chi connectivity index (χ1n) is 7.54. The molecule has 2 rings (SSSR count). The lowest BCUT2D eigenvalue weighted by molar-refractivity contribution is -0.147. The Balaban J connectivity index is 2.34. The molecule has 1 aliphatic heterocycles. The van der Waals surface area contributed by atoms with E-state index in [1.807, 2.05) is 0 Å². The van der Waals surface area contributed by atoms with Crippen LogP contribution in [0.3, 0.4) is 0 Å². The number of anilines is 1. The second-order valence-corrected chi connectivity index (χ2v) is 6.26. The zero-order chi connectivity index (χ0) is 18.9. The van der Waals surface area contributed by atoms with Gasteiger partial charge in [-0.2, -0.15) is 0 Å². The largest absolute Gasteiger partial charge is 0.482 e. The third-order valence-corrected chi connectivity index (χ3v) is 3.11. The number of urea groups is 1. The van der Waals surface area contributed by atoms with Gasteiger partial charge in [0.25, 0.3) is 5.91 Å². The molecule has 1 unspecified atom stereocenters. The van der Waals surface area contributed by atoms with Gasteiger partial charge in [0, 0.05) is 12.1 Å².